The van der Waals surface area contributed by atoms with Gasteiger partial charge < -0.3 is 9.73 Å². The van der Waals surface area contributed by atoms with E-state index in [-0.39, 0.29) is 0 Å². The molecule has 0 aromatic carbocycles. The highest BCUT2D eigenvalue weighted by molar-refractivity contribution is 8.14. The predicted octanol–water partition coefficient (Wildman–Crippen LogP) is 3.42. The molecule has 1 aliphatic heterocycles. The quantitative estimate of drug-likeness (QED) is 0.889. The maximum Gasteiger partial charge on any atom is 0.157 e. The van der Waals surface area contributed by atoms with Gasteiger partial charge in [-0.25, -0.2) is 0 Å². The molecule has 0 atom stereocenters. The highest BCUT2D eigenvalue weighted by atomic mass is 32.2. The van der Waals surface area contributed by atoms with Gasteiger partial charge in [-0.3, -0.25) is 4.99 Å². The standard InChI is InChI=1S/C14H20N2OS/c1-11-2-5-14(6-3-11)10-18-13(16-14)15-8-12-4-7-17-9-12/h4,7,9,11H,2-3,5-6,8,10H2,1H3,(H,15,16). The van der Waals surface area contributed by atoms with E-state index in [2.05, 4.69) is 17.2 Å². The van der Waals surface area contributed by atoms with E-state index in [0.717, 1.165) is 23.2 Å². The van der Waals surface area contributed by atoms with E-state index in [1.165, 1.54) is 31.4 Å². The Morgan fingerprint density at radius 2 is 2.33 bits per heavy atom. The van der Waals surface area contributed by atoms with Crippen molar-refractivity contribution in [2.45, 2.75) is 44.7 Å². The van der Waals surface area contributed by atoms with E-state index in [4.69, 9.17) is 4.42 Å². The molecule has 2 heterocycles. The monoisotopic (exact) mass is 264 g/mol. The molecule has 1 N–H and O–H groups in total. The van der Waals surface area contributed by atoms with Crippen LogP contribution in [-0.4, -0.2) is 16.5 Å². The first kappa shape index (κ1) is 12.2. The first-order valence-corrected chi connectivity index (χ1v) is 7.71. The summed E-state index contributed by atoms with van der Waals surface area (Å²) in [5.74, 6) is 2.08. The van der Waals surface area contributed by atoms with Crippen LogP contribution in [0.2, 0.25) is 0 Å². The number of hydrogen-bond acceptors (Lipinski definition) is 3. The number of nitrogens with zero attached hydrogens (tertiary/aromatic N) is 1. The molecule has 2 aliphatic rings. The van der Waals surface area contributed by atoms with E-state index in [0.29, 0.717) is 5.54 Å². The van der Waals surface area contributed by atoms with Gasteiger partial charge in [0, 0.05) is 16.9 Å². The number of thioether (sulfide) groups is 1. The molecule has 0 radical (unpaired) electrons. The summed E-state index contributed by atoms with van der Waals surface area (Å²) in [6.07, 6.45) is 8.76. The lowest BCUT2D eigenvalue weighted by molar-refractivity contribution is 0.251. The normalized spacial score (nSPS) is 34.1. The summed E-state index contributed by atoms with van der Waals surface area (Å²) in [6, 6.07) is 1.97. The van der Waals surface area contributed by atoms with Crippen LogP contribution in [-0.2, 0) is 6.54 Å². The zero-order valence-corrected chi connectivity index (χ0v) is 11.6. The highest BCUT2D eigenvalue weighted by Crippen LogP contribution is 2.38. The third-order valence-electron chi connectivity index (χ3n) is 4.07. The molecule has 3 nitrogen and oxygen atoms in total. The van der Waals surface area contributed by atoms with Crippen LogP contribution in [0, 0.1) is 5.92 Å². The van der Waals surface area contributed by atoms with Gasteiger partial charge in [-0.15, -0.1) is 0 Å². The van der Waals surface area contributed by atoms with Crippen molar-refractivity contribution in [3.05, 3.63) is 24.2 Å². The summed E-state index contributed by atoms with van der Waals surface area (Å²) in [5.41, 5.74) is 1.48. The number of aliphatic imine (C=N–C) groups is 1. The van der Waals surface area contributed by atoms with Gasteiger partial charge in [-0.1, -0.05) is 18.7 Å². The van der Waals surface area contributed by atoms with Gasteiger partial charge in [-0.05, 0) is 37.7 Å². The van der Waals surface area contributed by atoms with Gasteiger partial charge in [0.1, 0.15) is 0 Å². The molecule has 3 rings (SSSR count). The van der Waals surface area contributed by atoms with Crippen LogP contribution in [0.3, 0.4) is 0 Å². The first-order chi connectivity index (χ1) is 8.76. The Hall–Kier alpha value is -0.900. The molecule has 0 bridgehead atoms. The molecule has 1 aromatic heterocycles. The SMILES string of the molecule is CC1CCC2(CC1)CSC(=NCc1ccoc1)N2. The summed E-state index contributed by atoms with van der Waals surface area (Å²) in [5, 5.41) is 4.79. The van der Waals surface area contributed by atoms with Crippen LogP contribution in [0.4, 0.5) is 0 Å². The van der Waals surface area contributed by atoms with Gasteiger partial charge in [0.2, 0.25) is 0 Å². The number of amidine groups is 1. The summed E-state index contributed by atoms with van der Waals surface area (Å²) >= 11 is 1.88. The lowest BCUT2D eigenvalue weighted by atomic mass is 9.78. The number of hydrogen-bond donors (Lipinski definition) is 1. The van der Waals surface area contributed by atoms with Gasteiger partial charge in [0.15, 0.2) is 5.17 Å². The number of furan rings is 1. The van der Waals surface area contributed by atoms with Crippen LogP contribution >= 0.6 is 11.8 Å². The van der Waals surface area contributed by atoms with Crippen LogP contribution in [0.25, 0.3) is 0 Å². The van der Waals surface area contributed by atoms with E-state index in [9.17, 15) is 0 Å². The molecule has 4 heteroatoms. The van der Waals surface area contributed by atoms with Crippen LogP contribution < -0.4 is 5.32 Å². The Morgan fingerprint density at radius 3 is 3.06 bits per heavy atom. The minimum atomic E-state index is 0.340. The lowest BCUT2D eigenvalue weighted by Crippen LogP contribution is -2.46. The molecule has 1 aromatic rings. The summed E-state index contributed by atoms with van der Waals surface area (Å²) < 4.78 is 5.05. The fourth-order valence-corrected chi connectivity index (χ4v) is 3.94. The lowest BCUT2D eigenvalue weighted by Gasteiger charge is -2.35. The topological polar surface area (TPSA) is 37.5 Å². The Labute approximate surface area is 112 Å². The Kier molecular flexibility index (Phi) is 3.37. The number of rotatable bonds is 2. The van der Waals surface area contributed by atoms with Gasteiger partial charge in [-0.2, -0.15) is 0 Å². The van der Waals surface area contributed by atoms with E-state index < -0.39 is 0 Å². The minimum absolute atomic E-state index is 0.340. The first-order valence-electron chi connectivity index (χ1n) is 6.72. The molecule has 1 saturated carbocycles. The van der Waals surface area contributed by atoms with Crippen LogP contribution in [0.5, 0.6) is 0 Å². The van der Waals surface area contributed by atoms with E-state index in [1.807, 2.05) is 17.8 Å². The van der Waals surface area contributed by atoms with Crippen molar-refractivity contribution < 1.29 is 4.42 Å². The zero-order chi connectivity index (χ0) is 12.4. The minimum Gasteiger partial charge on any atom is -0.472 e. The molecule has 1 saturated heterocycles. The molecule has 1 spiro atoms. The summed E-state index contributed by atoms with van der Waals surface area (Å²) in [6.45, 7) is 3.08. The second kappa shape index (κ2) is 5.00. The van der Waals surface area contributed by atoms with E-state index in [1.54, 1.807) is 12.5 Å². The largest absolute Gasteiger partial charge is 0.472 e. The molecule has 0 unspecified atom stereocenters. The summed E-state index contributed by atoms with van der Waals surface area (Å²) in [7, 11) is 0. The number of nitrogens with one attached hydrogen (secondary N) is 1. The fraction of sp³-hybridized carbons (Fsp3) is 0.643. The van der Waals surface area contributed by atoms with Crippen molar-refractivity contribution in [1.29, 1.82) is 0 Å². The van der Waals surface area contributed by atoms with Crippen molar-refractivity contribution >= 4 is 16.9 Å². The Balaban J connectivity index is 1.59. The van der Waals surface area contributed by atoms with Crippen molar-refractivity contribution in [2.75, 3.05) is 5.75 Å². The molecule has 0 amide bonds. The predicted molar refractivity (Wildman–Crippen MR) is 75.8 cm³/mol. The smallest absolute Gasteiger partial charge is 0.157 e. The average molecular weight is 264 g/mol. The second-order valence-electron chi connectivity index (χ2n) is 5.63. The average Bonchev–Trinajstić information content (AvgIpc) is 3.02. The molecule has 98 valence electrons. The Morgan fingerprint density at radius 1 is 1.50 bits per heavy atom. The molecular formula is C14H20N2OS. The molecule has 18 heavy (non-hydrogen) atoms. The van der Waals surface area contributed by atoms with Crippen LogP contribution in [0.15, 0.2) is 28.0 Å². The van der Waals surface area contributed by atoms with Crippen molar-refractivity contribution in [3.8, 4) is 0 Å². The second-order valence-corrected chi connectivity index (χ2v) is 6.59. The van der Waals surface area contributed by atoms with Crippen molar-refractivity contribution in [2.24, 2.45) is 10.9 Å². The van der Waals surface area contributed by atoms with E-state index >= 15 is 0 Å². The van der Waals surface area contributed by atoms with Gasteiger partial charge in [0.25, 0.3) is 0 Å². The van der Waals surface area contributed by atoms with Crippen molar-refractivity contribution in [1.82, 2.24) is 5.32 Å². The third-order valence-corrected chi connectivity index (χ3v) is 5.28. The molecular weight excluding hydrogens is 244 g/mol. The maximum atomic E-state index is 5.05. The third kappa shape index (κ3) is 2.58. The molecule has 1 aliphatic carbocycles. The van der Waals surface area contributed by atoms with Gasteiger partial charge >= 0.3 is 0 Å². The zero-order valence-electron chi connectivity index (χ0n) is 10.8. The summed E-state index contributed by atoms with van der Waals surface area (Å²) in [4.78, 5) is 4.64. The highest BCUT2D eigenvalue weighted by Gasteiger charge is 2.39. The maximum absolute atomic E-state index is 5.05. The Bertz CT molecular complexity index is 419. The fourth-order valence-electron chi connectivity index (χ4n) is 2.72. The van der Waals surface area contributed by atoms with Gasteiger partial charge in [0.05, 0.1) is 19.1 Å². The van der Waals surface area contributed by atoms with Crippen molar-refractivity contribution in [3.63, 3.8) is 0 Å². The molecule has 2 fully saturated rings. The van der Waals surface area contributed by atoms with Crippen LogP contribution in [0.1, 0.15) is 38.2 Å².